The summed E-state index contributed by atoms with van der Waals surface area (Å²) in [5.41, 5.74) is 2.45. The summed E-state index contributed by atoms with van der Waals surface area (Å²) >= 11 is 6.02. The Morgan fingerprint density at radius 2 is 1.96 bits per heavy atom. The van der Waals surface area contributed by atoms with Gasteiger partial charge in [-0.2, -0.15) is 0 Å². The van der Waals surface area contributed by atoms with E-state index < -0.39 is 0 Å². The van der Waals surface area contributed by atoms with Crippen LogP contribution in [0.2, 0.25) is 5.02 Å². The molecule has 8 heteroatoms. The van der Waals surface area contributed by atoms with Gasteiger partial charge in [-0.1, -0.05) is 23.7 Å². The Labute approximate surface area is 156 Å². The molecule has 1 amide bonds. The molecule has 7 nitrogen and oxygen atoms in total. The standard InChI is InChI=1S/C18H19ClN6O/c1-12-13(2)25(11-24-12)17-9-16(22-10-23-17)20-7-8-21-18(26)14-5-3-4-6-15(14)19/h3-6,9-11H,7-8H2,1-2H3,(H,21,26)(H,20,22,23). The van der Waals surface area contributed by atoms with Crippen LogP contribution in [0.25, 0.3) is 5.82 Å². The van der Waals surface area contributed by atoms with E-state index in [2.05, 4.69) is 25.6 Å². The van der Waals surface area contributed by atoms with Crippen molar-refractivity contribution in [2.24, 2.45) is 0 Å². The van der Waals surface area contributed by atoms with E-state index in [1.54, 1.807) is 30.6 Å². The summed E-state index contributed by atoms with van der Waals surface area (Å²) in [5, 5.41) is 6.43. The topological polar surface area (TPSA) is 84.7 Å². The molecule has 2 N–H and O–H groups in total. The van der Waals surface area contributed by atoms with Crippen molar-refractivity contribution in [1.29, 1.82) is 0 Å². The van der Waals surface area contributed by atoms with Crippen molar-refractivity contribution in [3.8, 4) is 5.82 Å². The van der Waals surface area contributed by atoms with Crippen molar-refractivity contribution in [2.75, 3.05) is 18.4 Å². The van der Waals surface area contributed by atoms with Crippen LogP contribution in [-0.4, -0.2) is 38.5 Å². The highest BCUT2D eigenvalue weighted by Crippen LogP contribution is 2.15. The molecule has 134 valence electrons. The normalized spacial score (nSPS) is 10.6. The molecule has 0 saturated heterocycles. The fourth-order valence-electron chi connectivity index (χ4n) is 2.41. The molecule has 0 spiro atoms. The Morgan fingerprint density at radius 3 is 2.69 bits per heavy atom. The predicted molar refractivity (Wildman–Crippen MR) is 101 cm³/mol. The minimum Gasteiger partial charge on any atom is -0.368 e. The second-order valence-corrected chi connectivity index (χ2v) is 6.12. The second kappa shape index (κ2) is 7.97. The molecule has 2 aromatic heterocycles. The molecule has 0 aliphatic rings. The number of rotatable bonds is 6. The molecular formula is C18H19ClN6O. The lowest BCUT2D eigenvalue weighted by atomic mass is 10.2. The van der Waals surface area contributed by atoms with E-state index in [1.807, 2.05) is 24.5 Å². The molecule has 0 atom stereocenters. The molecule has 0 aliphatic carbocycles. The molecule has 2 heterocycles. The number of imidazole rings is 1. The maximum atomic E-state index is 12.1. The number of nitrogens with zero attached hydrogens (tertiary/aromatic N) is 4. The first-order valence-electron chi connectivity index (χ1n) is 8.16. The largest absolute Gasteiger partial charge is 0.368 e. The Bertz CT molecular complexity index is 924. The lowest BCUT2D eigenvalue weighted by Crippen LogP contribution is -2.29. The van der Waals surface area contributed by atoms with Gasteiger partial charge in [0.2, 0.25) is 0 Å². The number of hydrogen-bond acceptors (Lipinski definition) is 5. The number of amides is 1. The molecule has 0 radical (unpaired) electrons. The van der Waals surface area contributed by atoms with Crippen molar-refractivity contribution in [3.05, 3.63) is 65.0 Å². The van der Waals surface area contributed by atoms with E-state index in [-0.39, 0.29) is 5.91 Å². The van der Waals surface area contributed by atoms with Crippen molar-refractivity contribution < 1.29 is 4.79 Å². The van der Waals surface area contributed by atoms with E-state index >= 15 is 0 Å². The lowest BCUT2D eigenvalue weighted by molar-refractivity contribution is 0.0955. The zero-order valence-electron chi connectivity index (χ0n) is 14.5. The van der Waals surface area contributed by atoms with E-state index in [0.717, 1.165) is 17.2 Å². The van der Waals surface area contributed by atoms with Crippen molar-refractivity contribution in [1.82, 2.24) is 24.8 Å². The first-order chi connectivity index (χ1) is 12.6. The molecule has 3 rings (SSSR count). The molecule has 0 saturated carbocycles. The summed E-state index contributed by atoms with van der Waals surface area (Å²) in [6.07, 6.45) is 3.23. The zero-order chi connectivity index (χ0) is 18.5. The third kappa shape index (κ3) is 4.00. The summed E-state index contributed by atoms with van der Waals surface area (Å²) < 4.78 is 1.90. The number of hydrogen-bond donors (Lipinski definition) is 2. The van der Waals surface area contributed by atoms with Crippen LogP contribution in [0.3, 0.4) is 0 Å². The van der Waals surface area contributed by atoms with Gasteiger partial charge >= 0.3 is 0 Å². The van der Waals surface area contributed by atoms with Crippen molar-refractivity contribution >= 4 is 23.3 Å². The molecule has 0 aliphatic heterocycles. The molecular weight excluding hydrogens is 352 g/mol. The van der Waals surface area contributed by atoms with Crippen LogP contribution in [-0.2, 0) is 0 Å². The lowest BCUT2D eigenvalue weighted by Gasteiger charge is -2.10. The van der Waals surface area contributed by atoms with Gasteiger partial charge < -0.3 is 10.6 Å². The monoisotopic (exact) mass is 370 g/mol. The second-order valence-electron chi connectivity index (χ2n) is 5.71. The number of aryl methyl sites for hydroxylation is 1. The Kier molecular flexibility index (Phi) is 5.48. The summed E-state index contributed by atoms with van der Waals surface area (Å²) in [4.78, 5) is 24.9. The number of carbonyl (C=O) groups excluding carboxylic acids is 1. The van der Waals surface area contributed by atoms with Gasteiger partial charge in [-0.25, -0.2) is 15.0 Å². The Balaban J connectivity index is 1.56. The van der Waals surface area contributed by atoms with Gasteiger partial charge in [-0.3, -0.25) is 9.36 Å². The minimum atomic E-state index is -0.203. The minimum absolute atomic E-state index is 0.203. The van der Waals surface area contributed by atoms with Gasteiger partial charge in [0.25, 0.3) is 5.91 Å². The fourth-order valence-corrected chi connectivity index (χ4v) is 2.63. The molecule has 26 heavy (non-hydrogen) atoms. The van der Waals surface area contributed by atoms with E-state index in [9.17, 15) is 4.79 Å². The smallest absolute Gasteiger partial charge is 0.252 e. The highest BCUT2D eigenvalue weighted by atomic mass is 35.5. The number of halogens is 1. The third-order valence-electron chi connectivity index (χ3n) is 3.99. The van der Waals surface area contributed by atoms with Gasteiger partial charge in [-0.15, -0.1) is 0 Å². The third-order valence-corrected chi connectivity index (χ3v) is 4.32. The van der Waals surface area contributed by atoms with Gasteiger partial charge in [-0.05, 0) is 26.0 Å². The van der Waals surface area contributed by atoms with Crippen LogP contribution in [0.15, 0.2) is 43.0 Å². The summed E-state index contributed by atoms with van der Waals surface area (Å²) in [5.74, 6) is 1.21. The zero-order valence-corrected chi connectivity index (χ0v) is 15.3. The number of nitrogens with one attached hydrogen (secondary N) is 2. The van der Waals surface area contributed by atoms with Crippen LogP contribution >= 0.6 is 11.6 Å². The van der Waals surface area contributed by atoms with E-state index in [4.69, 9.17) is 11.6 Å². The Morgan fingerprint density at radius 1 is 1.15 bits per heavy atom. The Hall–Kier alpha value is -2.93. The average molecular weight is 371 g/mol. The SMILES string of the molecule is Cc1ncn(-c2cc(NCCNC(=O)c3ccccc3Cl)ncn2)c1C. The van der Waals surface area contributed by atoms with Crippen LogP contribution in [0.1, 0.15) is 21.7 Å². The number of carbonyl (C=O) groups is 1. The molecule has 0 fully saturated rings. The highest BCUT2D eigenvalue weighted by molar-refractivity contribution is 6.33. The predicted octanol–water partition coefficient (Wildman–Crippen LogP) is 2.77. The number of anilines is 1. The van der Waals surface area contributed by atoms with Gasteiger partial charge in [0.05, 0.1) is 16.3 Å². The van der Waals surface area contributed by atoms with Gasteiger partial charge in [0, 0.05) is 24.8 Å². The van der Waals surface area contributed by atoms with Crippen LogP contribution in [0, 0.1) is 13.8 Å². The molecule has 1 aromatic carbocycles. The quantitative estimate of drug-likeness (QED) is 0.652. The molecule has 0 bridgehead atoms. The molecule has 0 unspecified atom stereocenters. The number of benzene rings is 1. The van der Waals surface area contributed by atoms with Crippen LogP contribution in [0.4, 0.5) is 5.82 Å². The maximum Gasteiger partial charge on any atom is 0.252 e. The summed E-state index contributed by atoms with van der Waals surface area (Å²) in [6, 6.07) is 8.79. The van der Waals surface area contributed by atoms with Gasteiger partial charge in [0.15, 0.2) is 0 Å². The van der Waals surface area contributed by atoms with E-state index in [0.29, 0.717) is 29.5 Å². The highest BCUT2D eigenvalue weighted by Gasteiger charge is 2.09. The summed E-state index contributed by atoms with van der Waals surface area (Å²) in [7, 11) is 0. The van der Waals surface area contributed by atoms with E-state index in [1.165, 1.54) is 6.33 Å². The average Bonchev–Trinajstić information content (AvgIpc) is 2.98. The maximum absolute atomic E-state index is 12.1. The van der Waals surface area contributed by atoms with Gasteiger partial charge in [0.1, 0.15) is 24.3 Å². The van der Waals surface area contributed by atoms with Crippen LogP contribution < -0.4 is 10.6 Å². The summed E-state index contributed by atoms with van der Waals surface area (Å²) in [6.45, 7) is 4.90. The number of aromatic nitrogens is 4. The fraction of sp³-hybridized carbons (Fsp3) is 0.222. The van der Waals surface area contributed by atoms with Crippen molar-refractivity contribution in [2.45, 2.75) is 13.8 Å². The van der Waals surface area contributed by atoms with Crippen molar-refractivity contribution in [3.63, 3.8) is 0 Å². The van der Waals surface area contributed by atoms with Crippen LogP contribution in [0.5, 0.6) is 0 Å². The molecule has 3 aromatic rings. The first kappa shape index (κ1) is 17.9. The first-order valence-corrected chi connectivity index (χ1v) is 8.53.